The largest absolute Gasteiger partial charge is 0.261 e. The molecule has 0 atom stereocenters. The maximum absolute atomic E-state index is 11.6. The summed E-state index contributed by atoms with van der Waals surface area (Å²) in [5.74, 6) is -0.0154. The number of nitrogens with one attached hydrogen (secondary N) is 1. The van der Waals surface area contributed by atoms with Crippen molar-refractivity contribution in [1.82, 2.24) is 9.71 Å². The first-order chi connectivity index (χ1) is 6.89. The normalized spacial score (nSPS) is 12.0. The third-order valence-electron chi connectivity index (χ3n) is 1.74. The van der Waals surface area contributed by atoms with Crippen molar-refractivity contribution < 1.29 is 8.42 Å². The minimum absolute atomic E-state index is 0.0154. The van der Waals surface area contributed by atoms with Gasteiger partial charge in [-0.05, 0) is 32.4 Å². The first-order valence-electron chi connectivity index (χ1n) is 4.80. The lowest BCUT2D eigenvalue weighted by Crippen LogP contribution is -2.31. The van der Waals surface area contributed by atoms with Crippen molar-refractivity contribution in [3.05, 3.63) is 29.6 Å². The summed E-state index contributed by atoms with van der Waals surface area (Å²) in [5.41, 5.74) is 1.58. The van der Waals surface area contributed by atoms with E-state index < -0.39 is 10.0 Å². The highest BCUT2D eigenvalue weighted by molar-refractivity contribution is 7.88. The number of nitrogens with zero attached hydrogens (tertiary/aromatic N) is 1. The van der Waals surface area contributed by atoms with Crippen molar-refractivity contribution in [3.8, 4) is 0 Å². The quantitative estimate of drug-likeness (QED) is 0.843. The van der Waals surface area contributed by atoms with E-state index in [1.54, 1.807) is 32.2 Å². The highest BCUT2D eigenvalue weighted by atomic mass is 32.2. The predicted octanol–water partition coefficient (Wildman–Crippen LogP) is 1.22. The van der Waals surface area contributed by atoms with Crippen molar-refractivity contribution >= 4 is 10.0 Å². The van der Waals surface area contributed by atoms with Crippen LogP contribution >= 0.6 is 0 Å². The molecule has 0 saturated carbocycles. The van der Waals surface area contributed by atoms with E-state index in [9.17, 15) is 8.42 Å². The Balaban J connectivity index is 2.73. The standard InChI is InChI=1S/C10H16N2O2S/c1-8(2)12-15(13,14)7-10-5-4-9(3)11-6-10/h4-6,8,12H,7H2,1-3H3. The van der Waals surface area contributed by atoms with Crippen molar-refractivity contribution in [2.24, 2.45) is 0 Å². The lowest BCUT2D eigenvalue weighted by atomic mass is 10.3. The predicted molar refractivity (Wildman–Crippen MR) is 59.9 cm³/mol. The van der Waals surface area contributed by atoms with Crippen LogP contribution < -0.4 is 4.72 Å². The number of aryl methyl sites for hydroxylation is 1. The highest BCUT2D eigenvalue weighted by Crippen LogP contribution is 2.04. The third-order valence-corrected chi connectivity index (χ3v) is 3.29. The van der Waals surface area contributed by atoms with Gasteiger partial charge in [-0.25, -0.2) is 13.1 Å². The SMILES string of the molecule is Cc1ccc(CS(=O)(=O)NC(C)C)cn1. The van der Waals surface area contributed by atoms with E-state index in [0.717, 1.165) is 5.69 Å². The number of hydrogen-bond donors (Lipinski definition) is 1. The van der Waals surface area contributed by atoms with Crippen LogP contribution in [0.3, 0.4) is 0 Å². The number of sulfonamides is 1. The van der Waals surface area contributed by atoms with Gasteiger partial charge in [-0.1, -0.05) is 6.07 Å². The van der Waals surface area contributed by atoms with Crippen molar-refractivity contribution in [3.63, 3.8) is 0 Å². The van der Waals surface area contributed by atoms with E-state index in [4.69, 9.17) is 0 Å². The Morgan fingerprint density at radius 2 is 2.07 bits per heavy atom. The highest BCUT2D eigenvalue weighted by Gasteiger charge is 2.12. The molecular formula is C10H16N2O2S. The Hall–Kier alpha value is -0.940. The maximum Gasteiger partial charge on any atom is 0.216 e. The van der Waals surface area contributed by atoms with Crippen molar-refractivity contribution in [1.29, 1.82) is 0 Å². The molecule has 0 unspecified atom stereocenters. The molecule has 84 valence electrons. The van der Waals surface area contributed by atoms with Crippen LogP contribution in [0.1, 0.15) is 25.1 Å². The van der Waals surface area contributed by atoms with E-state index in [1.807, 2.05) is 6.92 Å². The Kier molecular flexibility index (Phi) is 3.82. The number of aromatic nitrogens is 1. The Labute approximate surface area is 90.8 Å². The van der Waals surface area contributed by atoms with Gasteiger partial charge in [-0.15, -0.1) is 0 Å². The number of pyridine rings is 1. The fourth-order valence-corrected chi connectivity index (χ4v) is 2.62. The fourth-order valence-electron chi connectivity index (χ4n) is 1.20. The zero-order chi connectivity index (χ0) is 11.5. The molecule has 0 spiro atoms. The Bertz CT molecular complexity index is 410. The first-order valence-corrected chi connectivity index (χ1v) is 6.46. The van der Waals surface area contributed by atoms with Gasteiger partial charge in [0.15, 0.2) is 0 Å². The van der Waals surface area contributed by atoms with Crippen LogP contribution in [0.2, 0.25) is 0 Å². The van der Waals surface area contributed by atoms with E-state index in [-0.39, 0.29) is 11.8 Å². The van der Waals surface area contributed by atoms with E-state index in [1.165, 1.54) is 0 Å². The molecule has 0 aliphatic rings. The molecule has 1 aromatic rings. The van der Waals surface area contributed by atoms with Gasteiger partial charge in [0.1, 0.15) is 0 Å². The van der Waals surface area contributed by atoms with Gasteiger partial charge < -0.3 is 0 Å². The summed E-state index contributed by atoms with van der Waals surface area (Å²) in [7, 11) is -3.24. The van der Waals surface area contributed by atoms with Gasteiger partial charge in [-0.2, -0.15) is 0 Å². The molecule has 1 heterocycles. The van der Waals surface area contributed by atoms with E-state index >= 15 is 0 Å². The molecule has 0 aromatic carbocycles. The zero-order valence-corrected chi connectivity index (χ0v) is 10.0. The second-order valence-electron chi connectivity index (χ2n) is 3.84. The van der Waals surface area contributed by atoms with Gasteiger partial charge in [0.25, 0.3) is 0 Å². The lowest BCUT2D eigenvalue weighted by Gasteiger charge is -2.09. The van der Waals surface area contributed by atoms with Crippen LogP contribution in [0.15, 0.2) is 18.3 Å². The molecule has 0 fully saturated rings. The Morgan fingerprint density at radius 3 is 2.53 bits per heavy atom. The van der Waals surface area contributed by atoms with Crippen molar-refractivity contribution in [2.75, 3.05) is 0 Å². The molecule has 15 heavy (non-hydrogen) atoms. The van der Waals surface area contributed by atoms with Crippen LogP contribution in [0.5, 0.6) is 0 Å². The average molecular weight is 228 g/mol. The van der Waals surface area contributed by atoms with Gasteiger partial charge >= 0.3 is 0 Å². The molecule has 1 rings (SSSR count). The van der Waals surface area contributed by atoms with Gasteiger partial charge in [0, 0.05) is 17.9 Å². The lowest BCUT2D eigenvalue weighted by molar-refractivity contribution is 0.569. The second kappa shape index (κ2) is 4.72. The van der Waals surface area contributed by atoms with Gasteiger partial charge in [0.05, 0.1) is 5.75 Å². The van der Waals surface area contributed by atoms with E-state index in [2.05, 4.69) is 9.71 Å². The molecule has 0 aliphatic heterocycles. The monoisotopic (exact) mass is 228 g/mol. The molecule has 5 heteroatoms. The number of rotatable bonds is 4. The summed E-state index contributed by atoms with van der Waals surface area (Å²) in [6.45, 7) is 5.46. The fraction of sp³-hybridized carbons (Fsp3) is 0.500. The molecule has 1 aromatic heterocycles. The van der Waals surface area contributed by atoms with Crippen LogP contribution in [-0.4, -0.2) is 19.4 Å². The molecule has 0 amide bonds. The molecule has 0 bridgehead atoms. The minimum Gasteiger partial charge on any atom is -0.261 e. The molecule has 1 N–H and O–H groups in total. The molecular weight excluding hydrogens is 212 g/mol. The van der Waals surface area contributed by atoms with Crippen molar-refractivity contribution in [2.45, 2.75) is 32.6 Å². The summed E-state index contributed by atoms with van der Waals surface area (Å²) in [5, 5.41) is 0. The molecule has 4 nitrogen and oxygen atoms in total. The average Bonchev–Trinajstić information content (AvgIpc) is 2.06. The van der Waals surface area contributed by atoms with Gasteiger partial charge in [0.2, 0.25) is 10.0 Å². The van der Waals surface area contributed by atoms with Crippen LogP contribution in [0.4, 0.5) is 0 Å². The summed E-state index contributed by atoms with van der Waals surface area (Å²) < 4.78 is 25.6. The minimum atomic E-state index is -3.24. The zero-order valence-electron chi connectivity index (χ0n) is 9.19. The van der Waals surface area contributed by atoms with E-state index in [0.29, 0.717) is 5.56 Å². The first kappa shape index (κ1) is 12.1. The molecule has 0 saturated heterocycles. The number of hydrogen-bond acceptors (Lipinski definition) is 3. The van der Waals surface area contributed by atoms with Crippen LogP contribution in [-0.2, 0) is 15.8 Å². The Morgan fingerprint density at radius 1 is 1.40 bits per heavy atom. The summed E-state index contributed by atoms with van der Waals surface area (Å²) in [6, 6.07) is 3.51. The topological polar surface area (TPSA) is 59.1 Å². The summed E-state index contributed by atoms with van der Waals surface area (Å²) in [6.07, 6.45) is 1.59. The second-order valence-corrected chi connectivity index (χ2v) is 5.59. The van der Waals surface area contributed by atoms with Crippen LogP contribution in [0.25, 0.3) is 0 Å². The molecule has 0 aliphatic carbocycles. The van der Waals surface area contributed by atoms with Gasteiger partial charge in [-0.3, -0.25) is 4.98 Å². The third kappa shape index (κ3) is 4.40. The van der Waals surface area contributed by atoms with Crippen LogP contribution in [0, 0.1) is 6.92 Å². The summed E-state index contributed by atoms with van der Waals surface area (Å²) >= 11 is 0. The summed E-state index contributed by atoms with van der Waals surface area (Å²) in [4.78, 5) is 4.05. The molecule has 0 radical (unpaired) electrons. The maximum atomic E-state index is 11.6. The smallest absolute Gasteiger partial charge is 0.216 e.